The van der Waals surface area contributed by atoms with Gasteiger partial charge in [-0.3, -0.25) is 4.72 Å². The quantitative estimate of drug-likeness (QED) is 0.904. The molecule has 96 valence electrons. The van der Waals surface area contributed by atoms with Crippen LogP contribution in [0.2, 0.25) is 0 Å². The number of thiophene rings is 1. The highest BCUT2D eigenvalue weighted by Gasteiger charge is 2.17. The first-order valence-electron chi connectivity index (χ1n) is 5.40. The maximum absolute atomic E-state index is 12.1. The van der Waals surface area contributed by atoms with Gasteiger partial charge in [-0.2, -0.15) is 0 Å². The second-order valence-electron chi connectivity index (χ2n) is 3.83. The topological polar surface area (TPSA) is 72.2 Å². The Labute approximate surface area is 111 Å². The standard InChI is InChI=1S/C12H14N2O2S2/c1-9-6-7-12(17-9)18(15,16)14-11-5-3-2-4-10(11)8-13/h2-7,14H,8,13H2,1H3. The summed E-state index contributed by atoms with van der Waals surface area (Å²) in [6.45, 7) is 2.17. The third-order valence-corrected chi connectivity index (χ3v) is 5.32. The molecule has 0 aliphatic rings. The second-order valence-corrected chi connectivity index (χ2v) is 7.03. The Morgan fingerprint density at radius 1 is 1.22 bits per heavy atom. The van der Waals surface area contributed by atoms with E-state index in [1.165, 1.54) is 11.3 Å². The number of anilines is 1. The van der Waals surface area contributed by atoms with Crippen molar-refractivity contribution in [2.45, 2.75) is 17.7 Å². The van der Waals surface area contributed by atoms with Crippen molar-refractivity contribution >= 4 is 27.0 Å². The van der Waals surface area contributed by atoms with Gasteiger partial charge in [-0.1, -0.05) is 18.2 Å². The van der Waals surface area contributed by atoms with E-state index in [1.54, 1.807) is 30.3 Å². The van der Waals surface area contributed by atoms with Gasteiger partial charge in [-0.25, -0.2) is 8.42 Å². The normalized spacial score (nSPS) is 11.4. The van der Waals surface area contributed by atoms with Gasteiger partial charge < -0.3 is 5.73 Å². The Morgan fingerprint density at radius 3 is 2.56 bits per heavy atom. The molecule has 0 aliphatic carbocycles. The van der Waals surface area contributed by atoms with Crippen molar-refractivity contribution in [1.82, 2.24) is 0 Å². The van der Waals surface area contributed by atoms with Crippen LogP contribution in [0.25, 0.3) is 0 Å². The van der Waals surface area contributed by atoms with Gasteiger partial charge in [0.25, 0.3) is 10.0 Å². The van der Waals surface area contributed by atoms with Gasteiger partial charge in [-0.05, 0) is 30.7 Å². The molecular formula is C12H14N2O2S2. The zero-order valence-electron chi connectivity index (χ0n) is 9.88. The van der Waals surface area contributed by atoms with Crippen LogP contribution >= 0.6 is 11.3 Å². The molecule has 2 rings (SSSR count). The van der Waals surface area contributed by atoms with Crippen molar-refractivity contribution in [3.63, 3.8) is 0 Å². The van der Waals surface area contributed by atoms with Gasteiger partial charge in [0.1, 0.15) is 4.21 Å². The number of nitrogens with one attached hydrogen (secondary N) is 1. The minimum absolute atomic E-state index is 0.294. The smallest absolute Gasteiger partial charge is 0.271 e. The predicted molar refractivity (Wildman–Crippen MR) is 74.2 cm³/mol. The predicted octanol–water partition coefficient (Wildman–Crippen LogP) is 2.32. The van der Waals surface area contributed by atoms with Crippen molar-refractivity contribution in [1.29, 1.82) is 0 Å². The summed E-state index contributed by atoms with van der Waals surface area (Å²) in [7, 11) is -3.51. The molecule has 0 amide bonds. The van der Waals surface area contributed by atoms with E-state index < -0.39 is 10.0 Å². The summed E-state index contributed by atoms with van der Waals surface area (Å²) < 4.78 is 27.2. The second kappa shape index (κ2) is 5.09. The van der Waals surface area contributed by atoms with E-state index in [0.29, 0.717) is 16.4 Å². The molecular weight excluding hydrogens is 268 g/mol. The largest absolute Gasteiger partial charge is 0.326 e. The van der Waals surface area contributed by atoms with Gasteiger partial charge in [0, 0.05) is 11.4 Å². The Hall–Kier alpha value is -1.37. The summed E-state index contributed by atoms with van der Waals surface area (Å²) in [6.07, 6.45) is 0. The van der Waals surface area contributed by atoms with Crippen LogP contribution in [0.3, 0.4) is 0 Å². The van der Waals surface area contributed by atoms with E-state index in [0.717, 1.165) is 10.4 Å². The van der Waals surface area contributed by atoms with Crippen LogP contribution in [0.1, 0.15) is 10.4 Å². The number of sulfonamides is 1. The maximum atomic E-state index is 12.1. The monoisotopic (exact) mass is 282 g/mol. The fraction of sp³-hybridized carbons (Fsp3) is 0.167. The molecule has 0 fully saturated rings. The van der Waals surface area contributed by atoms with Gasteiger partial charge >= 0.3 is 0 Å². The van der Waals surface area contributed by atoms with Crippen molar-refractivity contribution in [2.75, 3.05) is 4.72 Å². The minimum atomic E-state index is -3.51. The summed E-state index contributed by atoms with van der Waals surface area (Å²) >= 11 is 1.25. The summed E-state index contributed by atoms with van der Waals surface area (Å²) in [5.74, 6) is 0. The maximum Gasteiger partial charge on any atom is 0.271 e. The third kappa shape index (κ3) is 2.72. The van der Waals surface area contributed by atoms with E-state index in [1.807, 2.05) is 13.0 Å². The van der Waals surface area contributed by atoms with Crippen LogP contribution in [-0.4, -0.2) is 8.42 Å². The lowest BCUT2D eigenvalue weighted by molar-refractivity contribution is 0.603. The molecule has 0 unspecified atom stereocenters. The molecule has 2 aromatic rings. The number of hydrogen-bond donors (Lipinski definition) is 2. The number of para-hydroxylation sites is 1. The van der Waals surface area contributed by atoms with E-state index in [-0.39, 0.29) is 0 Å². The highest BCUT2D eigenvalue weighted by atomic mass is 32.2. The first kappa shape index (κ1) is 13.1. The molecule has 0 saturated heterocycles. The molecule has 1 aromatic carbocycles. The van der Waals surface area contributed by atoms with Crippen molar-refractivity contribution < 1.29 is 8.42 Å². The number of nitrogens with two attached hydrogens (primary N) is 1. The lowest BCUT2D eigenvalue weighted by atomic mass is 10.2. The molecule has 4 nitrogen and oxygen atoms in total. The summed E-state index contributed by atoms with van der Waals surface area (Å²) in [4.78, 5) is 0.961. The minimum Gasteiger partial charge on any atom is -0.326 e. The van der Waals surface area contributed by atoms with Gasteiger partial charge in [0.2, 0.25) is 0 Å². The first-order valence-corrected chi connectivity index (χ1v) is 7.70. The third-order valence-electron chi connectivity index (χ3n) is 2.46. The van der Waals surface area contributed by atoms with Crippen LogP contribution in [0.5, 0.6) is 0 Å². The van der Waals surface area contributed by atoms with E-state index in [2.05, 4.69) is 4.72 Å². The Bertz CT molecular complexity index is 648. The summed E-state index contributed by atoms with van der Waals surface area (Å²) in [5.41, 5.74) is 6.89. The van der Waals surface area contributed by atoms with Crippen molar-refractivity contribution in [3.05, 3.63) is 46.8 Å². The highest BCUT2D eigenvalue weighted by molar-refractivity contribution is 7.94. The van der Waals surface area contributed by atoms with Crippen LogP contribution < -0.4 is 10.5 Å². The highest BCUT2D eigenvalue weighted by Crippen LogP contribution is 2.24. The van der Waals surface area contributed by atoms with Crippen molar-refractivity contribution in [2.24, 2.45) is 5.73 Å². The lowest BCUT2D eigenvalue weighted by Gasteiger charge is -2.10. The van der Waals surface area contributed by atoms with Crippen LogP contribution in [0, 0.1) is 6.92 Å². The van der Waals surface area contributed by atoms with E-state index in [9.17, 15) is 8.42 Å². The number of aryl methyl sites for hydroxylation is 1. The van der Waals surface area contributed by atoms with Crippen molar-refractivity contribution in [3.8, 4) is 0 Å². The molecule has 1 heterocycles. The Morgan fingerprint density at radius 2 is 1.94 bits per heavy atom. The number of benzene rings is 1. The molecule has 0 spiro atoms. The molecule has 1 aromatic heterocycles. The van der Waals surface area contributed by atoms with Crippen LogP contribution in [0.15, 0.2) is 40.6 Å². The van der Waals surface area contributed by atoms with Crippen LogP contribution in [-0.2, 0) is 16.6 Å². The summed E-state index contributed by atoms with van der Waals surface area (Å²) in [6, 6.07) is 10.5. The molecule has 18 heavy (non-hydrogen) atoms. The van der Waals surface area contributed by atoms with Gasteiger partial charge in [0.15, 0.2) is 0 Å². The first-order chi connectivity index (χ1) is 8.53. The van der Waals surface area contributed by atoms with E-state index in [4.69, 9.17) is 5.73 Å². The Balaban J connectivity index is 2.33. The van der Waals surface area contributed by atoms with Gasteiger partial charge in [-0.15, -0.1) is 11.3 Å². The molecule has 0 saturated carbocycles. The fourth-order valence-electron chi connectivity index (χ4n) is 1.55. The molecule has 0 aliphatic heterocycles. The Kier molecular flexibility index (Phi) is 3.70. The molecule has 0 radical (unpaired) electrons. The summed E-state index contributed by atoms with van der Waals surface area (Å²) in [5, 5.41) is 0. The molecule has 6 heteroatoms. The fourth-order valence-corrected chi connectivity index (χ4v) is 3.93. The lowest BCUT2D eigenvalue weighted by Crippen LogP contribution is -2.13. The molecule has 3 N–H and O–H groups in total. The van der Waals surface area contributed by atoms with Crippen LogP contribution in [0.4, 0.5) is 5.69 Å². The zero-order chi connectivity index (χ0) is 13.2. The molecule has 0 bridgehead atoms. The molecule has 0 atom stereocenters. The van der Waals surface area contributed by atoms with E-state index >= 15 is 0 Å². The number of rotatable bonds is 4. The average molecular weight is 282 g/mol. The van der Waals surface area contributed by atoms with Gasteiger partial charge in [0.05, 0.1) is 5.69 Å². The zero-order valence-corrected chi connectivity index (χ0v) is 11.5. The SMILES string of the molecule is Cc1ccc(S(=O)(=O)Nc2ccccc2CN)s1. The average Bonchev–Trinajstić information content (AvgIpc) is 2.77. The number of hydrogen-bond acceptors (Lipinski definition) is 4.